The fraction of sp³-hybridized carbons (Fsp3) is 0.556. The highest BCUT2D eigenvalue weighted by atomic mass is 16.5. The van der Waals surface area contributed by atoms with E-state index in [0.717, 1.165) is 24.8 Å². The van der Waals surface area contributed by atoms with Crippen LogP contribution in [0, 0.1) is 0 Å². The van der Waals surface area contributed by atoms with Gasteiger partial charge in [0.15, 0.2) is 0 Å². The van der Waals surface area contributed by atoms with Gasteiger partial charge in [0.05, 0.1) is 18.1 Å². The summed E-state index contributed by atoms with van der Waals surface area (Å²) in [6.07, 6.45) is 3.38. The molecule has 3 amide bonds. The predicted molar refractivity (Wildman–Crippen MR) is 90.5 cm³/mol. The van der Waals surface area contributed by atoms with E-state index in [1.54, 1.807) is 12.0 Å². The molecule has 2 N–H and O–H groups in total. The monoisotopic (exact) mass is 331 g/mol. The van der Waals surface area contributed by atoms with Gasteiger partial charge in [0.25, 0.3) is 0 Å². The average molecular weight is 331 g/mol. The number of benzene rings is 1. The summed E-state index contributed by atoms with van der Waals surface area (Å²) < 4.78 is 5.57. The topological polar surface area (TPSA) is 70.7 Å². The Kier molecular flexibility index (Phi) is 5.04. The Bertz CT molecular complexity index is 581. The van der Waals surface area contributed by atoms with Gasteiger partial charge in [-0.1, -0.05) is 30.3 Å². The molecule has 130 valence electrons. The molecule has 1 aromatic carbocycles. The zero-order chi connectivity index (χ0) is 17.0. The van der Waals surface area contributed by atoms with E-state index in [9.17, 15) is 9.59 Å². The van der Waals surface area contributed by atoms with Crippen molar-refractivity contribution >= 4 is 11.9 Å². The summed E-state index contributed by atoms with van der Waals surface area (Å²) in [6.45, 7) is 1.49. The van der Waals surface area contributed by atoms with Crippen LogP contribution in [0.25, 0.3) is 0 Å². The molecule has 1 saturated heterocycles. The molecule has 1 atom stereocenters. The van der Waals surface area contributed by atoms with Crippen LogP contribution in [-0.2, 0) is 9.53 Å². The molecule has 2 aliphatic rings. The molecule has 1 aliphatic heterocycles. The Morgan fingerprint density at radius 2 is 2.12 bits per heavy atom. The van der Waals surface area contributed by atoms with Crippen LogP contribution >= 0.6 is 0 Å². The number of amides is 3. The zero-order valence-electron chi connectivity index (χ0n) is 14.1. The van der Waals surface area contributed by atoms with Crippen LogP contribution in [0.5, 0.6) is 0 Å². The van der Waals surface area contributed by atoms with Gasteiger partial charge < -0.3 is 20.3 Å². The SMILES string of the molecule is COC1(CNC(=O)N2CCNC(=O)CC2c2ccccc2)CCC1. The quantitative estimate of drug-likeness (QED) is 0.884. The molecular formula is C18H25N3O3. The van der Waals surface area contributed by atoms with Gasteiger partial charge in [-0.25, -0.2) is 4.79 Å². The van der Waals surface area contributed by atoms with Crippen molar-refractivity contribution in [3.8, 4) is 0 Å². The zero-order valence-corrected chi connectivity index (χ0v) is 14.1. The highest BCUT2D eigenvalue weighted by Crippen LogP contribution is 2.34. The van der Waals surface area contributed by atoms with Crippen molar-refractivity contribution in [2.75, 3.05) is 26.7 Å². The molecule has 0 aromatic heterocycles. The van der Waals surface area contributed by atoms with Crippen LogP contribution in [0.4, 0.5) is 4.79 Å². The van der Waals surface area contributed by atoms with Gasteiger partial charge in [-0.3, -0.25) is 4.79 Å². The standard InChI is InChI=1S/C18H25N3O3/c1-24-18(8-5-9-18)13-20-17(23)21-11-10-19-16(22)12-15(21)14-6-3-2-4-7-14/h2-4,6-7,15H,5,8-13H2,1H3,(H,19,22)(H,20,23). The maximum absolute atomic E-state index is 12.8. The van der Waals surface area contributed by atoms with Crippen molar-refractivity contribution in [1.82, 2.24) is 15.5 Å². The third-order valence-electron chi connectivity index (χ3n) is 5.13. The highest BCUT2D eigenvalue weighted by molar-refractivity contribution is 5.80. The van der Waals surface area contributed by atoms with Crippen molar-refractivity contribution < 1.29 is 14.3 Å². The molecule has 6 heteroatoms. The Morgan fingerprint density at radius 3 is 2.75 bits per heavy atom. The summed E-state index contributed by atoms with van der Waals surface area (Å²) >= 11 is 0. The lowest BCUT2D eigenvalue weighted by molar-refractivity contribution is -0.121. The fourth-order valence-electron chi connectivity index (χ4n) is 3.41. The molecule has 1 aliphatic carbocycles. The van der Waals surface area contributed by atoms with E-state index in [-0.39, 0.29) is 30.0 Å². The highest BCUT2D eigenvalue weighted by Gasteiger charge is 2.38. The number of methoxy groups -OCH3 is 1. The summed E-state index contributed by atoms with van der Waals surface area (Å²) in [4.78, 5) is 26.5. The normalized spacial score (nSPS) is 23.0. The van der Waals surface area contributed by atoms with Crippen LogP contribution in [0.1, 0.15) is 37.3 Å². The number of carbonyl (C=O) groups is 2. The van der Waals surface area contributed by atoms with Gasteiger partial charge >= 0.3 is 6.03 Å². The van der Waals surface area contributed by atoms with E-state index in [2.05, 4.69) is 10.6 Å². The van der Waals surface area contributed by atoms with Gasteiger partial charge in [-0.2, -0.15) is 0 Å². The van der Waals surface area contributed by atoms with Crippen molar-refractivity contribution in [2.24, 2.45) is 0 Å². The molecule has 1 saturated carbocycles. The smallest absolute Gasteiger partial charge is 0.318 e. The van der Waals surface area contributed by atoms with Crippen molar-refractivity contribution in [3.05, 3.63) is 35.9 Å². The molecule has 6 nitrogen and oxygen atoms in total. The molecular weight excluding hydrogens is 306 g/mol. The van der Waals surface area contributed by atoms with E-state index in [1.165, 1.54) is 0 Å². The summed E-state index contributed by atoms with van der Waals surface area (Å²) in [6, 6.07) is 9.35. The Labute approximate surface area is 142 Å². The number of hydrogen-bond donors (Lipinski definition) is 2. The molecule has 1 heterocycles. The fourth-order valence-corrected chi connectivity index (χ4v) is 3.41. The molecule has 1 unspecified atom stereocenters. The van der Waals surface area contributed by atoms with E-state index < -0.39 is 0 Å². The third kappa shape index (κ3) is 3.53. The second-order valence-corrected chi connectivity index (χ2v) is 6.57. The first-order valence-corrected chi connectivity index (χ1v) is 8.55. The maximum atomic E-state index is 12.8. The third-order valence-corrected chi connectivity index (χ3v) is 5.13. The Morgan fingerprint density at radius 1 is 1.38 bits per heavy atom. The van der Waals surface area contributed by atoms with Gasteiger partial charge in [-0.05, 0) is 24.8 Å². The van der Waals surface area contributed by atoms with Crippen LogP contribution < -0.4 is 10.6 Å². The molecule has 0 spiro atoms. The van der Waals surface area contributed by atoms with Gasteiger partial charge in [0.2, 0.25) is 5.91 Å². The first-order chi connectivity index (χ1) is 11.6. The summed E-state index contributed by atoms with van der Waals surface area (Å²) in [5.41, 5.74) is 0.771. The number of ether oxygens (including phenoxy) is 1. The van der Waals surface area contributed by atoms with Crippen LogP contribution in [0.2, 0.25) is 0 Å². The van der Waals surface area contributed by atoms with Gasteiger partial charge in [-0.15, -0.1) is 0 Å². The second kappa shape index (κ2) is 7.21. The second-order valence-electron chi connectivity index (χ2n) is 6.57. The minimum atomic E-state index is -0.242. The van der Waals surface area contributed by atoms with E-state index in [0.29, 0.717) is 19.6 Å². The molecule has 24 heavy (non-hydrogen) atoms. The number of rotatable bonds is 4. The van der Waals surface area contributed by atoms with Crippen molar-refractivity contribution in [1.29, 1.82) is 0 Å². The lowest BCUT2D eigenvalue weighted by Crippen LogP contribution is -2.52. The van der Waals surface area contributed by atoms with Crippen LogP contribution in [0.15, 0.2) is 30.3 Å². The summed E-state index contributed by atoms with van der Waals surface area (Å²) in [5.74, 6) is -0.0218. The number of hydrogen-bond acceptors (Lipinski definition) is 3. The first kappa shape index (κ1) is 16.8. The summed E-state index contributed by atoms with van der Waals surface area (Å²) in [7, 11) is 1.70. The van der Waals surface area contributed by atoms with Gasteiger partial charge in [0, 0.05) is 26.7 Å². The maximum Gasteiger partial charge on any atom is 0.318 e. The van der Waals surface area contributed by atoms with E-state index in [4.69, 9.17) is 4.74 Å². The molecule has 0 radical (unpaired) electrons. The van der Waals surface area contributed by atoms with Crippen LogP contribution in [0.3, 0.4) is 0 Å². The average Bonchev–Trinajstić information content (AvgIpc) is 2.76. The van der Waals surface area contributed by atoms with Crippen LogP contribution in [-0.4, -0.2) is 49.2 Å². The predicted octanol–water partition coefficient (Wildman–Crippen LogP) is 1.83. The lowest BCUT2D eigenvalue weighted by Gasteiger charge is -2.41. The Balaban J connectivity index is 1.72. The van der Waals surface area contributed by atoms with Crippen molar-refractivity contribution in [3.63, 3.8) is 0 Å². The number of nitrogens with zero attached hydrogens (tertiary/aromatic N) is 1. The molecule has 3 rings (SSSR count). The summed E-state index contributed by atoms with van der Waals surface area (Å²) in [5, 5.41) is 5.86. The number of urea groups is 1. The lowest BCUT2D eigenvalue weighted by atomic mass is 9.80. The van der Waals surface area contributed by atoms with Crippen molar-refractivity contribution in [2.45, 2.75) is 37.3 Å². The van der Waals surface area contributed by atoms with E-state index in [1.807, 2.05) is 30.3 Å². The largest absolute Gasteiger partial charge is 0.376 e. The van der Waals surface area contributed by atoms with Gasteiger partial charge in [0.1, 0.15) is 0 Å². The number of nitrogens with one attached hydrogen (secondary N) is 2. The molecule has 0 bridgehead atoms. The minimum Gasteiger partial charge on any atom is -0.376 e. The van der Waals surface area contributed by atoms with E-state index >= 15 is 0 Å². The first-order valence-electron chi connectivity index (χ1n) is 8.55. The molecule has 1 aromatic rings. The number of carbonyl (C=O) groups excluding carboxylic acids is 2. The molecule has 2 fully saturated rings. The minimum absolute atomic E-state index is 0.0218. The Hall–Kier alpha value is -2.08.